The molecule has 1 aromatic heterocycles. The van der Waals surface area contributed by atoms with Crippen molar-refractivity contribution in [1.82, 2.24) is 0 Å². The Morgan fingerprint density at radius 2 is 1.77 bits per heavy atom. The highest BCUT2D eigenvalue weighted by Crippen LogP contribution is 2.31. The van der Waals surface area contributed by atoms with Gasteiger partial charge < -0.3 is 14.3 Å². The maximum Gasteiger partial charge on any atom is 0.335 e. The Hall–Kier alpha value is -2.91. The summed E-state index contributed by atoms with van der Waals surface area (Å²) in [4.78, 5) is 24.0. The molecular weight excluding hydrogens is 422 g/mol. The van der Waals surface area contributed by atoms with E-state index in [9.17, 15) is 23.1 Å². The SMILES string of the molecule is CCCCCCCCOc1cc(S(N)(=O)=O)cc2c(=O)c3cc(C(=O)O)ccc3oc12. The number of primary sulfonamides is 1. The summed E-state index contributed by atoms with van der Waals surface area (Å²) in [6.45, 7) is 2.47. The summed E-state index contributed by atoms with van der Waals surface area (Å²) >= 11 is 0. The van der Waals surface area contributed by atoms with Gasteiger partial charge in [-0.2, -0.15) is 0 Å². The van der Waals surface area contributed by atoms with Gasteiger partial charge in [0.2, 0.25) is 15.5 Å². The molecule has 0 bridgehead atoms. The Labute approximate surface area is 179 Å². The molecule has 0 aliphatic heterocycles. The van der Waals surface area contributed by atoms with Crippen LogP contribution in [0.4, 0.5) is 0 Å². The number of nitrogens with two attached hydrogens (primary N) is 1. The molecule has 0 amide bonds. The molecule has 0 fully saturated rings. The van der Waals surface area contributed by atoms with Gasteiger partial charge in [0.05, 0.1) is 27.8 Å². The monoisotopic (exact) mass is 447 g/mol. The Morgan fingerprint density at radius 1 is 1.06 bits per heavy atom. The van der Waals surface area contributed by atoms with Crippen LogP contribution in [-0.4, -0.2) is 26.1 Å². The number of carbonyl (C=O) groups is 1. The number of unbranched alkanes of at least 4 members (excludes halogenated alkanes) is 5. The van der Waals surface area contributed by atoms with Crippen LogP contribution in [0.15, 0.2) is 44.4 Å². The minimum absolute atomic E-state index is 0.0286. The van der Waals surface area contributed by atoms with E-state index >= 15 is 0 Å². The summed E-state index contributed by atoms with van der Waals surface area (Å²) in [7, 11) is -4.11. The Balaban J connectivity index is 2.03. The largest absolute Gasteiger partial charge is 0.490 e. The van der Waals surface area contributed by atoms with Gasteiger partial charge in [-0.25, -0.2) is 18.4 Å². The van der Waals surface area contributed by atoms with Crippen LogP contribution in [0.25, 0.3) is 21.9 Å². The Kier molecular flexibility index (Phi) is 6.97. The molecule has 0 unspecified atom stereocenters. The van der Waals surface area contributed by atoms with E-state index in [0.29, 0.717) is 6.61 Å². The van der Waals surface area contributed by atoms with Crippen LogP contribution in [0.5, 0.6) is 5.75 Å². The van der Waals surface area contributed by atoms with E-state index in [1.807, 2.05) is 0 Å². The number of rotatable bonds is 10. The number of carboxylic acids is 1. The molecule has 0 atom stereocenters. The van der Waals surface area contributed by atoms with Crippen LogP contribution in [0.1, 0.15) is 55.8 Å². The van der Waals surface area contributed by atoms with E-state index in [0.717, 1.165) is 38.2 Å². The molecule has 1 heterocycles. The molecule has 0 aliphatic rings. The molecule has 3 N–H and O–H groups in total. The van der Waals surface area contributed by atoms with Crippen molar-refractivity contribution in [2.45, 2.75) is 50.3 Å². The highest BCUT2D eigenvalue weighted by Gasteiger charge is 2.19. The molecule has 3 aromatic rings. The zero-order valence-corrected chi connectivity index (χ0v) is 18.0. The molecule has 8 nitrogen and oxygen atoms in total. The van der Waals surface area contributed by atoms with E-state index < -0.39 is 21.4 Å². The van der Waals surface area contributed by atoms with Crippen molar-refractivity contribution in [2.24, 2.45) is 5.14 Å². The lowest BCUT2D eigenvalue weighted by Gasteiger charge is -2.11. The lowest BCUT2D eigenvalue weighted by atomic mass is 10.1. The molecule has 166 valence electrons. The predicted molar refractivity (Wildman–Crippen MR) is 117 cm³/mol. The maximum absolute atomic E-state index is 13.0. The van der Waals surface area contributed by atoms with Crippen LogP contribution in [0.3, 0.4) is 0 Å². The molecule has 2 aromatic carbocycles. The number of benzene rings is 2. The lowest BCUT2D eigenvalue weighted by molar-refractivity contribution is 0.0697. The molecule has 0 saturated carbocycles. The number of sulfonamides is 1. The second kappa shape index (κ2) is 9.49. The van der Waals surface area contributed by atoms with Gasteiger partial charge in [-0.3, -0.25) is 4.79 Å². The van der Waals surface area contributed by atoms with Crippen LogP contribution in [-0.2, 0) is 10.0 Å². The molecule has 31 heavy (non-hydrogen) atoms. The fourth-order valence-electron chi connectivity index (χ4n) is 3.37. The van der Waals surface area contributed by atoms with Crippen molar-refractivity contribution in [3.8, 4) is 5.75 Å². The van der Waals surface area contributed by atoms with Crippen LogP contribution >= 0.6 is 0 Å². The number of ether oxygens (including phenoxy) is 1. The molecule has 9 heteroatoms. The molecule has 0 saturated heterocycles. The van der Waals surface area contributed by atoms with Crippen molar-refractivity contribution < 1.29 is 27.5 Å². The highest BCUT2D eigenvalue weighted by molar-refractivity contribution is 7.89. The minimum atomic E-state index is -4.11. The number of carboxylic acid groups (broad SMARTS) is 1. The summed E-state index contributed by atoms with van der Waals surface area (Å²) in [5, 5.41) is 14.4. The third-order valence-electron chi connectivity index (χ3n) is 5.04. The lowest BCUT2D eigenvalue weighted by Crippen LogP contribution is -2.14. The molecule has 0 spiro atoms. The summed E-state index contributed by atoms with van der Waals surface area (Å²) in [5.41, 5.74) is -0.371. The van der Waals surface area contributed by atoms with E-state index in [4.69, 9.17) is 14.3 Å². The first kappa shape index (κ1) is 22.8. The van der Waals surface area contributed by atoms with E-state index in [1.165, 1.54) is 30.7 Å². The van der Waals surface area contributed by atoms with Gasteiger partial charge in [-0.1, -0.05) is 39.0 Å². The Morgan fingerprint density at radius 3 is 2.45 bits per heavy atom. The summed E-state index contributed by atoms with van der Waals surface area (Å²) in [5.74, 6) is -1.08. The van der Waals surface area contributed by atoms with Crippen molar-refractivity contribution in [3.63, 3.8) is 0 Å². The summed E-state index contributed by atoms with van der Waals surface area (Å²) in [6.07, 6.45) is 6.32. The third kappa shape index (κ3) is 5.23. The zero-order chi connectivity index (χ0) is 22.6. The average Bonchev–Trinajstić information content (AvgIpc) is 2.72. The number of hydrogen-bond acceptors (Lipinski definition) is 6. The molecule has 3 rings (SSSR count). The van der Waals surface area contributed by atoms with Crippen molar-refractivity contribution >= 4 is 37.9 Å². The van der Waals surface area contributed by atoms with Crippen molar-refractivity contribution in [1.29, 1.82) is 0 Å². The standard InChI is InChI=1S/C22H25NO7S/c1-2-3-4-5-6-7-10-29-19-13-15(31(23,27)28)12-17-20(24)16-11-14(22(25)26)8-9-18(16)30-21(17)19/h8-9,11-13H,2-7,10H2,1H3,(H,25,26)(H2,23,27,28). The molecule has 0 aliphatic carbocycles. The number of hydrogen-bond donors (Lipinski definition) is 2. The van der Waals surface area contributed by atoms with Crippen LogP contribution < -0.4 is 15.3 Å². The first-order valence-corrected chi connectivity index (χ1v) is 11.7. The van der Waals surface area contributed by atoms with E-state index in [2.05, 4.69) is 6.92 Å². The van der Waals surface area contributed by atoms with Gasteiger partial charge in [0, 0.05) is 6.07 Å². The fourth-order valence-corrected chi connectivity index (χ4v) is 3.92. The normalized spacial score (nSPS) is 11.8. The smallest absolute Gasteiger partial charge is 0.335 e. The first-order valence-electron chi connectivity index (χ1n) is 10.2. The topological polar surface area (TPSA) is 137 Å². The predicted octanol–water partition coefficient (Wildman–Crippen LogP) is 4.03. The summed E-state index contributed by atoms with van der Waals surface area (Å²) < 4.78 is 35.5. The molecule has 0 radical (unpaired) electrons. The van der Waals surface area contributed by atoms with Crippen molar-refractivity contribution in [3.05, 3.63) is 46.1 Å². The number of fused-ring (bicyclic) bond motifs is 2. The van der Waals surface area contributed by atoms with Gasteiger partial charge in [-0.15, -0.1) is 0 Å². The van der Waals surface area contributed by atoms with Gasteiger partial charge in [0.15, 0.2) is 11.3 Å². The minimum Gasteiger partial charge on any atom is -0.490 e. The van der Waals surface area contributed by atoms with Crippen LogP contribution in [0, 0.1) is 0 Å². The van der Waals surface area contributed by atoms with Gasteiger partial charge in [0.25, 0.3) is 0 Å². The third-order valence-corrected chi connectivity index (χ3v) is 5.93. The van der Waals surface area contributed by atoms with Gasteiger partial charge in [0.1, 0.15) is 5.58 Å². The molecular formula is C22H25NO7S. The quantitative estimate of drug-likeness (QED) is 0.353. The maximum atomic E-state index is 13.0. The Bertz CT molecular complexity index is 1280. The van der Waals surface area contributed by atoms with Crippen molar-refractivity contribution in [2.75, 3.05) is 6.61 Å². The summed E-state index contributed by atoms with van der Waals surface area (Å²) in [6, 6.07) is 6.29. The van der Waals surface area contributed by atoms with E-state index in [-0.39, 0.29) is 38.1 Å². The zero-order valence-electron chi connectivity index (χ0n) is 17.2. The highest BCUT2D eigenvalue weighted by atomic mass is 32.2. The van der Waals surface area contributed by atoms with Crippen LogP contribution in [0.2, 0.25) is 0 Å². The fraction of sp³-hybridized carbons (Fsp3) is 0.364. The second-order valence-corrected chi connectivity index (χ2v) is 8.97. The van der Waals surface area contributed by atoms with Gasteiger partial charge >= 0.3 is 5.97 Å². The first-order chi connectivity index (χ1) is 14.7. The average molecular weight is 448 g/mol. The number of aromatic carboxylic acids is 1. The van der Waals surface area contributed by atoms with Gasteiger partial charge in [-0.05, 0) is 30.7 Å². The van der Waals surface area contributed by atoms with E-state index in [1.54, 1.807) is 0 Å². The second-order valence-electron chi connectivity index (χ2n) is 7.41.